The molecule has 4 aromatic rings. The number of carbonyl (C=O) groups excluding carboxylic acids is 1. The Balaban J connectivity index is 1.63. The molecule has 0 aliphatic heterocycles. The molecule has 1 N–H and O–H groups in total. The van der Waals surface area contributed by atoms with Crippen molar-refractivity contribution in [1.82, 2.24) is 14.8 Å². The van der Waals surface area contributed by atoms with Gasteiger partial charge in [0.15, 0.2) is 5.69 Å². The van der Waals surface area contributed by atoms with Gasteiger partial charge >= 0.3 is 5.97 Å². The van der Waals surface area contributed by atoms with Crippen LogP contribution in [0.1, 0.15) is 28.5 Å². The largest absolute Gasteiger partial charge is 0.456 e. The van der Waals surface area contributed by atoms with Gasteiger partial charge in [-0.1, -0.05) is 54.1 Å². The second-order valence-corrected chi connectivity index (χ2v) is 7.16. The number of anilines is 2. The summed E-state index contributed by atoms with van der Waals surface area (Å²) in [6.07, 6.45) is 3.40. The Morgan fingerprint density at radius 3 is 2.71 bits per heavy atom. The first-order valence-corrected chi connectivity index (χ1v) is 9.99. The molecule has 0 atom stereocenters. The standard InChI is InChI=1S/C24H22N4O3/c1-3-28-23(29)20(26-22-14-25-13-18-9-4-5-10-19(18)22)12-21(27-28)24(30)31-15-17-8-6-7-16(2)11-17/h4-14,26H,3,15H2,1-2H3. The molecule has 0 saturated heterocycles. The van der Waals surface area contributed by atoms with Gasteiger partial charge in [-0.25, -0.2) is 9.48 Å². The van der Waals surface area contributed by atoms with Crippen LogP contribution in [-0.4, -0.2) is 20.7 Å². The average Bonchev–Trinajstić information content (AvgIpc) is 2.79. The number of ether oxygens (including phenoxy) is 1. The molecule has 7 nitrogen and oxygen atoms in total. The van der Waals surface area contributed by atoms with Crippen LogP contribution in [-0.2, 0) is 17.9 Å². The van der Waals surface area contributed by atoms with Crippen LogP contribution >= 0.6 is 0 Å². The van der Waals surface area contributed by atoms with E-state index in [9.17, 15) is 9.59 Å². The van der Waals surface area contributed by atoms with Gasteiger partial charge < -0.3 is 10.1 Å². The normalized spacial score (nSPS) is 10.8. The predicted octanol–water partition coefficient (Wildman–Crippen LogP) is 4.22. The Morgan fingerprint density at radius 2 is 1.90 bits per heavy atom. The van der Waals surface area contributed by atoms with E-state index in [1.165, 1.54) is 10.7 Å². The van der Waals surface area contributed by atoms with Crippen molar-refractivity contribution >= 4 is 28.1 Å². The number of carbonyl (C=O) groups is 1. The Morgan fingerprint density at radius 1 is 1.06 bits per heavy atom. The minimum atomic E-state index is -0.595. The number of nitrogens with zero attached hydrogens (tertiary/aromatic N) is 3. The van der Waals surface area contributed by atoms with E-state index >= 15 is 0 Å². The third kappa shape index (κ3) is 4.45. The molecule has 0 radical (unpaired) electrons. The van der Waals surface area contributed by atoms with Gasteiger partial charge in [0.1, 0.15) is 12.3 Å². The van der Waals surface area contributed by atoms with Gasteiger partial charge in [-0.2, -0.15) is 5.10 Å². The van der Waals surface area contributed by atoms with Crippen LogP contribution in [0.4, 0.5) is 11.4 Å². The zero-order valence-corrected chi connectivity index (χ0v) is 17.3. The van der Waals surface area contributed by atoms with E-state index in [1.807, 2.05) is 55.5 Å². The molecule has 0 aliphatic rings. The molecular weight excluding hydrogens is 392 g/mol. The maximum absolute atomic E-state index is 12.8. The van der Waals surface area contributed by atoms with Crippen molar-refractivity contribution < 1.29 is 9.53 Å². The third-order valence-electron chi connectivity index (χ3n) is 4.87. The van der Waals surface area contributed by atoms with E-state index < -0.39 is 5.97 Å². The van der Waals surface area contributed by atoms with Gasteiger partial charge in [0.25, 0.3) is 5.56 Å². The van der Waals surface area contributed by atoms with Crippen molar-refractivity contribution in [1.29, 1.82) is 0 Å². The molecule has 0 aliphatic carbocycles. The SMILES string of the molecule is CCn1nc(C(=O)OCc2cccc(C)c2)cc(Nc2cncc3ccccc23)c1=O. The number of nitrogens with one attached hydrogen (secondary N) is 1. The molecule has 31 heavy (non-hydrogen) atoms. The number of pyridine rings is 1. The first-order valence-electron chi connectivity index (χ1n) is 9.99. The van der Waals surface area contributed by atoms with Crippen molar-refractivity contribution in [3.05, 3.63) is 94.2 Å². The second kappa shape index (κ2) is 8.79. The second-order valence-electron chi connectivity index (χ2n) is 7.16. The summed E-state index contributed by atoms with van der Waals surface area (Å²) in [5.74, 6) is -0.595. The summed E-state index contributed by atoms with van der Waals surface area (Å²) in [7, 11) is 0. The summed E-state index contributed by atoms with van der Waals surface area (Å²) in [4.78, 5) is 29.7. The monoisotopic (exact) mass is 414 g/mol. The van der Waals surface area contributed by atoms with Gasteiger partial charge in [-0.05, 0) is 19.4 Å². The van der Waals surface area contributed by atoms with Crippen molar-refractivity contribution in [2.45, 2.75) is 27.0 Å². The summed E-state index contributed by atoms with van der Waals surface area (Å²) in [6.45, 7) is 4.22. The first kappa shape index (κ1) is 20.3. The highest BCUT2D eigenvalue weighted by molar-refractivity contribution is 5.95. The van der Waals surface area contributed by atoms with Crippen molar-refractivity contribution in [3.63, 3.8) is 0 Å². The number of aryl methyl sites for hydroxylation is 2. The Labute approximate surface area is 179 Å². The molecule has 0 unspecified atom stereocenters. The van der Waals surface area contributed by atoms with Crippen molar-refractivity contribution in [3.8, 4) is 0 Å². The van der Waals surface area contributed by atoms with Crippen molar-refractivity contribution in [2.24, 2.45) is 0 Å². The van der Waals surface area contributed by atoms with Gasteiger partial charge in [0, 0.05) is 29.6 Å². The van der Waals surface area contributed by atoms with Crippen LogP contribution in [0.15, 0.2) is 71.8 Å². The van der Waals surface area contributed by atoms with Crippen LogP contribution in [0.25, 0.3) is 10.8 Å². The molecule has 2 aromatic carbocycles. The minimum absolute atomic E-state index is 0.0600. The number of esters is 1. The Hall–Kier alpha value is -4.00. The molecule has 4 rings (SSSR count). The molecule has 156 valence electrons. The molecule has 0 bridgehead atoms. The van der Waals surface area contributed by atoms with Crippen LogP contribution in [0, 0.1) is 6.92 Å². The van der Waals surface area contributed by atoms with Crippen LogP contribution in [0.2, 0.25) is 0 Å². The zero-order chi connectivity index (χ0) is 21.8. The van der Waals surface area contributed by atoms with E-state index in [-0.39, 0.29) is 23.5 Å². The average molecular weight is 414 g/mol. The lowest BCUT2D eigenvalue weighted by Gasteiger charge is -2.12. The molecule has 2 heterocycles. The molecule has 7 heteroatoms. The van der Waals surface area contributed by atoms with Crippen molar-refractivity contribution in [2.75, 3.05) is 5.32 Å². The number of benzene rings is 2. The van der Waals surface area contributed by atoms with Gasteiger partial charge in [0.2, 0.25) is 0 Å². The lowest BCUT2D eigenvalue weighted by molar-refractivity contribution is 0.0462. The van der Waals surface area contributed by atoms with Crippen LogP contribution in [0.5, 0.6) is 0 Å². The lowest BCUT2D eigenvalue weighted by Crippen LogP contribution is -2.27. The highest BCUT2D eigenvalue weighted by Gasteiger charge is 2.16. The number of fused-ring (bicyclic) bond motifs is 1. The van der Waals surface area contributed by atoms with Gasteiger partial charge in [0.05, 0.1) is 11.9 Å². The summed E-state index contributed by atoms with van der Waals surface area (Å²) in [6, 6.07) is 16.9. The van der Waals surface area contributed by atoms with Crippen LogP contribution in [0.3, 0.4) is 0 Å². The third-order valence-corrected chi connectivity index (χ3v) is 4.87. The number of hydrogen-bond acceptors (Lipinski definition) is 6. The maximum atomic E-state index is 12.8. The fraction of sp³-hybridized carbons (Fsp3) is 0.167. The van der Waals surface area contributed by atoms with Gasteiger partial charge in [-0.15, -0.1) is 0 Å². The van der Waals surface area contributed by atoms with Gasteiger partial charge in [-0.3, -0.25) is 9.78 Å². The van der Waals surface area contributed by atoms with Crippen LogP contribution < -0.4 is 10.9 Å². The molecule has 0 spiro atoms. The molecule has 2 aromatic heterocycles. The smallest absolute Gasteiger partial charge is 0.359 e. The maximum Gasteiger partial charge on any atom is 0.359 e. The Kier molecular flexibility index (Phi) is 5.75. The number of rotatable bonds is 6. The quantitative estimate of drug-likeness (QED) is 0.476. The highest BCUT2D eigenvalue weighted by atomic mass is 16.5. The first-order chi connectivity index (χ1) is 15.0. The molecule has 0 amide bonds. The molecular formula is C24H22N4O3. The number of aromatic nitrogens is 3. The lowest BCUT2D eigenvalue weighted by atomic mass is 10.1. The fourth-order valence-electron chi connectivity index (χ4n) is 3.33. The molecule has 0 saturated carbocycles. The van der Waals surface area contributed by atoms with E-state index in [0.717, 1.165) is 21.9 Å². The fourth-order valence-corrected chi connectivity index (χ4v) is 3.33. The summed E-state index contributed by atoms with van der Waals surface area (Å²) < 4.78 is 6.67. The highest BCUT2D eigenvalue weighted by Crippen LogP contribution is 2.24. The van der Waals surface area contributed by atoms with E-state index in [2.05, 4.69) is 15.4 Å². The summed E-state index contributed by atoms with van der Waals surface area (Å²) in [5, 5.41) is 9.14. The minimum Gasteiger partial charge on any atom is -0.456 e. The van der Waals surface area contributed by atoms with E-state index in [1.54, 1.807) is 19.3 Å². The zero-order valence-electron chi connectivity index (χ0n) is 17.3. The van der Waals surface area contributed by atoms with E-state index in [4.69, 9.17) is 4.74 Å². The van der Waals surface area contributed by atoms with E-state index in [0.29, 0.717) is 12.2 Å². The number of hydrogen-bond donors (Lipinski definition) is 1. The summed E-state index contributed by atoms with van der Waals surface area (Å²) >= 11 is 0. The topological polar surface area (TPSA) is 86.1 Å². The predicted molar refractivity (Wildman–Crippen MR) is 119 cm³/mol. The Bertz CT molecular complexity index is 1310. The summed E-state index contributed by atoms with van der Waals surface area (Å²) in [5.41, 5.74) is 2.61. The molecule has 0 fully saturated rings.